The molecule has 2 aliphatic rings. The first-order valence-corrected chi connectivity index (χ1v) is 8.80. The first-order valence-electron chi connectivity index (χ1n) is 7.19. The van der Waals surface area contributed by atoms with Crippen LogP contribution in [0.5, 0.6) is 5.88 Å². The van der Waals surface area contributed by atoms with Crippen LogP contribution in [0.25, 0.3) is 0 Å². The summed E-state index contributed by atoms with van der Waals surface area (Å²) in [5.41, 5.74) is 0. The lowest BCUT2D eigenvalue weighted by Crippen LogP contribution is -2.40. The predicted octanol–water partition coefficient (Wildman–Crippen LogP) is 0.488. The van der Waals surface area contributed by atoms with Gasteiger partial charge in [0.1, 0.15) is 12.1 Å². The summed E-state index contributed by atoms with van der Waals surface area (Å²) in [7, 11) is -1.55. The third-order valence-electron chi connectivity index (χ3n) is 4.38. The van der Waals surface area contributed by atoms with Crippen LogP contribution in [-0.4, -0.2) is 60.7 Å². The van der Waals surface area contributed by atoms with Crippen LogP contribution < -0.4 is 9.64 Å². The number of sulfonamides is 1. The van der Waals surface area contributed by atoms with Gasteiger partial charge in [-0.3, -0.25) is 0 Å². The molecule has 2 saturated heterocycles. The summed E-state index contributed by atoms with van der Waals surface area (Å²) in [4.78, 5) is 10.5. The van der Waals surface area contributed by atoms with E-state index in [1.807, 2.05) is 0 Å². The quantitative estimate of drug-likeness (QED) is 0.805. The molecule has 2 atom stereocenters. The Balaban J connectivity index is 1.83. The summed E-state index contributed by atoms with van der Waals surface area (Å²) in [6.07, 6.45) is 3.17. The van der Waals surface area contributed by atoms with Crippen molar-refractivity contribution < 1.29 is 13.2 Å². The second-order valence-corrected chi connectivity index (χ2v) is 7.55. The SMILES string of the molecule is CCS(=O)(=O)N1CC[C@@H]2[C@@H]1CCN2c1cc(OC)ncn1. The van der Waals surface area contributed by atoms with E-state index < -0.39 is 10.0 Å². The molecule has 0 unspecified atom stereocenters. The molecular weight excluding hydrogens is 292 g/mol. The van der Waals surface area contributed by atoms with E-state index in [1.165, 1.54) is 6.33 Å². The second kappa shape index (κ2) is 5.42. The van der Waals surface area contributed by atoms with Gasteiger partial charge < -0.3 is 9.64 Å². The number of methoxy groups -OCH3 is 1. The summed E-state index contributed by atoms with van der Waals surface area (Å²) in [6.45, 7) is 3.11. The average Bonchev–Trinajstić information content (AvgIpc) is 3.08. The van der Waals surface area contributed by atoms with Gasteiger partial charge in [0.25, 0.3) is 0 Å². The van der Waals surface area contributed by atoms with Crippen molar-refractivity contribution in [1.29, 1.82) is 0 Å². The van der Waals surface area contributed by atoms with E-state index in [1.54, 1.807) is 24.4 Å². The van der Waals surface area contributed by atoms with Crippen molar-refractivity contribution in [3.8, 4) is 5.88 Å². The predicted molar refractivity (Wildman–Crippen MR) is 78.9 cm³/mol. The monoisotopic (exact) mass is 312 g/mol. The van der Waals surface area contributed by atoms with Crippen LogP contribution in [0.2, 0.25) is 0 Å². The zero-order valence-electron chi connectivity index (χ0n) is 12.3. The van der Waals surface area contributed by atoms with Crippen molar-refractivity contribution in [3.63, 3.8) is 0 Å². The van der Waals surface area contributed by atoms with Gasteiger partial charge in [-0.25, -0.2) is 18.4 Å². The molecule has 1 aromatic rings. The van der Waals surface area contributed by atoms with Crippen molar-refractivity contribution in [2.45, 2.75) is 31.8 Å². The Morgan fingerprint density at radius 1 is 1.29 bits per heavy atom. The van der Waals surface area contributed by atoms with Crippen molar-refractivity contribution in [3.05, 3.63) is 12.4 Å². The van der Waals surface area contributed by atoms with E-state index in [0.29, 0.717) is 12.4 Å². The van der Waals surface area contributed by atoms with Crippen LogP contribution in [-0.2, 0) is 10.0 Å². The number of hydrogen-bond acceptors (Lipinski definition) is 6. The van der Waals surface area contributed by atoms with Gasteiger partial charge in [0, 0.05) is 31.2 Å². The molecule has 8 heteroatoms. The highest BCUT2D eigenvalue weighted by molar-refractivity contribution is 7.89. The van der Waals surface area contributed by atoms with E-state index >= 15 is 0 Å². The van der Waals surface area contributed by atoms with Crippen molar-refractivity contribution >= 4 is 15.8 Å². The molecule has 0 aromatic carbocycles. The standard InChI is InChI=1S/C13H20N4O3S/c1-3-21(18,19)17-7-5-10-11(17)4-6-16(10)12-8-13(20-2)15-9-14-12/h8-11H,3-7H2,1-2H3/t10-,11+/m1/s1. The highest BCUT2D eigenvalue weighted by Crippen LogP contribution is 2.36. The lowest BCUT2D eigenvalue weighted by molar-refractivity contribution is 0.388. The van der Waals surface area contributed by atoms with Gasteiger partial charge in [-0.15, -0.1) is 0 Å². The zero-order valence-corrected chi connectivity index (χ0v) is 13.1. The summed E-state index contributed by atoms with van der Waals surface area (Å²) < 4.78 is 31.1. The number of aromatic nitrogens is 2. The van der Waals surface area contributed by atoms with Gasteiger partial charge in [-0.05, 0) is 19.8 Å². The van der Waals surface area contributed by atoms with E-state index in [4.69, 9.17) is 4.74 Å². The molecule has 0 aliphatic carbocycles. The molecule has 116 valence electrons. The maximum atomic E-state index is 12.1. The summed E-state index contributed by atoms with van der Waals surface area (Å²) in [6, 6.07) is 2.07. The average molecular weight is 312 g/mol. The lowest BCUT2D eigenvalue weighted by atomic mass is 10.1. The Morgan fingerprint density at radius 3 is 2.76 bits per heavy atom. The Morgan fingerprint density at radius 2 is 2.05 bits per heavy atom. The summed E-state index contributed by atoms with van der Waals surface area (Å²) >= 11 is 0. The molecule has 21 heavy (non-hydrogen) atoms. The number of anilines is 1. The molecule has 0 N–H and O–H groups in total. The number of hydrogen-bond donors (Lipinski definition) is 0. The Labute approximate surface area is 125 Å². The smallest absolute Gasteiger partial charge is 0.218 e. The number of rotatable bonds is 4. The fourth-order valence-corrected chi connectivity index (χ4v) is 4.71. The van der Waals surface area contributed by atoms with Gasteiger partial charge in [-0.1, -0.05) is 0 Å². The van der Waals surface area contributed by atoms with Crippen LogP contribution in [0, 0.1) is 0 Å². The molecule has 0 spiro atoms. The molecule has 2 fully saturated rings. The highest BCUT2D eigenvalue weighted by Gasteiger charge is 2.46. The van der Waals surface area contributed by atoms with Crippen molar-refractivity contribution in [2.75, 3.05) is 30.9 Å². The summed E-state index contributed by atoms with van der Waals surface area (Å²) in [5, 5.41) is 0. The minimum Gasteiger partial charge on any atom is -0.481 e. The third kappa shape index (κ3) is 2.46. The minimum atomic E-state index is -3.12. The second-order valence-electron chi connectivity index (χ2n) is 5.34. The molecule has 0 radical (unpaired) electrons. The first kappa shape index (κ1) is 14.5. The summed E-state index contributed by atoms with van der Waals surface area (Å²) in [5.74, 6) is 1.50. The van der Waals surface area contributed by atoms with Crippen molar-refractivity contribution in [1.82, 2.24) is 14.3 Å². The fourth-order valence-electron chi connectivity index (χ4n) is 3.34. The largest absolute Gasteiger partial charge is 0.481 e. The molecule has 0 bridgehead atoms. The Hall–Kier alpha value is -1.41. The van der Waals surface area contributed by atoms with Crippen molar-refractivity contribution in [2.24, 2.45) is 0 Å². The molecule has 1 aromatic heterocycles. The number of nitrogens with zero attached hydrogens (tertiary/aromatic N) is 4. The normalized spacial score (nSPS) is 26.1. The number of ether oxygens (including phenoxy) is 1. The van der Waals surface area contributed by atoms with E-state index in [-0.39, 0.29) is 17.8 Å². The van der Waals surface area contributed by atoms with Gasteiger partial charge in [-0.2, -0.15) is 4.31 Å². The fraction of sp³-hybridized carbons (Fsp3) is 0.692. The molecule has 2 aliphatic heterocycles. The molecule has 3 rings (SSSR count). The van der Waals surface area contributed by atoms with E-state index in [2.05, 4.69) is 14.9 Å². The Bertz CT molecular complexity index is 622. The molecule has 0 amide bonds. The molecule has 7 nitrogen and oxygen atoms in total. The van der Waals surface area contributed by atoms with Crippen LogP contribution in [0.3, 0.4) is 0 Å². The third-order valence-corrected chi connectivity index (χ3v) is 6.28. The maximum Gasteiger partial charge on any atom is 0.218 e. The van der Waals surface area contributed by atoms with Gasteiger partial charge in [0.15, 0.2) is 0 Å². The topological polar surface area (TPSA) is 75.6 Å². The van der Waals surface area contributed by atoms with E-state index in [9.17, 15) is 8.42 Å². The zero-order chi connectivity index (χ0) is 15.0. The van der Waals surface area contributed by atoms with Gasteiger partial charge >= 0.3 is 0 Å². The van der Waals surface area contributed by atoms with Gasteiger partial charge in [0.05, 0.1) is 12.9 Å². The first-order chi connectivity index (χ1) is 10.1. The highest BCUT2D eigenvalue weighted by atomic mass is 32.2. The molecular formula is C13H20N4O3S. The van der Waals surface area contributed by atoms with Gasteiger partial charge in [0.2, 0.25) is 15.9 Å². The maximum absolute atomic E-state index is 12.1. The van der Waals surface area contributed by atoms with Crippen LogP contribution in [0.4, 0.5) is 5.82 Å². The van der Waals surface area contributed by atoms with Crippen LogP contribution in [0.15, 0.2) is 12.4 Å². The van der Waals surface area contributed by atoms with E-state index in [0.717, 1.165) is 25.2 Å². The molecule has 3 heterocycles. The lowest BCUT2D eigenvalue weighted by Gasteiger charge is -2.25. The van der Waals surface area contributed by atoms with Crippen LogP contribution in [0.1, 0.15) is 19.8 Å². The minimum absolute atomic E-state index is 0.0657. The Kier molecular flexibility index (Phi) is 3.75. The van der Waals surface area contributed by atoms with Crippen LogP contribution >= 0.6 is 0 Å². The number of fused-ring (bicyclic) bond motifs is 1. The molecule has 0 saturated carbocycles.